The molecule has 0 spiro atoms. The molecule has 1 aromatic carbocycles. The third-order valence-electron chi connectivity index (χ3n) is 3.55. The molecule has 1 saturated heterocycles. The van der Waals surface area contributed by atoms with Crippen molar-refractivity contribution in [3.8, 4) is 11.8 Å². The Morgan fingerprint density at radius 2 is 2.05 bits per heavy atom. The van der Waals surface area contributed by atoms with Crippen LogP contribution in [0.25, 0.3) is 0 Å². The topological polar surface area (TPSA) is 77.8 Å². The maximum atomic E-state index is 12.7. The molecule has 5 nitrogen and oxygen atoms in total. The number of hydrogen-bond donors (Lipinski definition) is 2. The molecule has 0 saturated carbocycles. The second kappa shape index (κ2) is 7.05. The van der Waals surface area contributed by atoms with Crippen LogP contribution in [-0.4, -0.2) is 49.2 Å². The van der Waals surface area contributed by atoms with E-state index < -0.39 is 10.0 Å². The van der Waals surface area contributed by atoms with Crippen LogP contribution in [0.2, 0.25) is 0 Å². The quantitative estimate of drug-likeness (QED) is 0.794. The maximum Gasteiger partial charge on any atom is 0.244 e. The molecule has 6 heteroatoms. The van der Waals surface area contributed by atoms with E-state index in [4.69, 9.17) is 5.11 Å². The fourth-order valence-corrected chi connectivity index (χ4v) is 4.17. The van der Waals surface area contributed by atoms with Gasteiger partial charge in [-0.05, 0) is 30.9 Å². The Morgan fingerprint density at radius 3 is 2.76 bits per heavy atom. The summed E-state index contributed by atoms with van der Waals surface area (Å²) in [7, 11) is -3.63. The van der Waals surface area contributed by atoms with Gasteiger partial charge in [-0.25, -0.2) is 8.42 Å². The van der Waals surface area contributed by atoms with Crippen LogP contribution in [0.4, 0.5) is 0 Å². The van der Waals surface area contributed by atoms with Gasteiger partial charge in [-0.1, -0.05) is 24.0 Å². The molecule has 1 unspecified atom stereocenters. The summed E-state index contributed by atoms with van der Waals surface area (Å²) in [5, 5.41) is 18.0. The Kier molecular flexibility index (Phi) is 5.37. The third kappa shape index (κ3) is 3.63. The number of benzene rings is 1. The molecule has 1 aromatic rings. The van der Waals surface area contributed by atoms with E-state index in [9.17, 15) is 13.5 Å². The van der Waals surface area contributed by atoms with E-state index in [2.05, 4.69) is 11.8 Å². The summed E-state index contributed by atoms with van der Waals surface area (Å²) in [4.78, 5) is 0.157. The second-order valence-corrected chi connectivity index (χ2v) is 6.92. The van der Waals surface area contributed by atoms with Crippen LogP contribution in [0, 0.1) is 17.8 Å². The van der Waals surface area contributed by atoms with Crippen LogP contribution in [0.5, 0.6) is 0 Å². The fraction of sp³-hybridized carbons (Fsp3) is 0.467. The minimum Gasteiger partial charge on any atom is -0.396 e. The van der Waals surface area contributed by atoms with Crippen molar-refractivity contribution in [2.45, 2.75) is 17.7 Å². The zero-order valence-corrected chi connectivity index (χ0v) is 12.5. The number of sulfonamides is 1. The van der Waals surface area contributed by atoms with Crippen molar-refractivity contribution in [3.63, 3.8) is 0 Å². The zero-order chi connectivity index (χ0) is 15.3. The first-order chi connectivity index (χ1) is 10.1. The molecule has 1 aliphatic heterocycles. The molecule has 0 bridgehead atoms. The highest BCUT2D eigenvalue weighted by Crippen LogP contribution is 2.25. The molecule has 0 aromatic heterocycles. The lowest BCUT2D eigenvalue weighted by Crippen LogP contribution is -2.41. The number of nitrogens with zero attached hydrogens (tertiary/aromatic N) is 1. The Morgan fingerprint density at radius 1 is 1.29 bits per heavy atom. The average Bonchev–Trinajstić information content (AvgIpc) is 2.53. The number of piperidine rings is 1. The van der Waals surface area contributed by atoms with E-state index in [0.29, 0.717) is 18.7 Å². The molecule has 0 radical (unpaired) electrons. The predicted molar refractivity (Wildman–Crippen MR) is 79.0 cm³/mol. The highest BCUT2D eigenvalue weighted by molar-refractivity contribution is 7.89. The van der Waals surface area contributed by atoms with Crippen LogP contribution in [-0.2, 0) is 10.0 Å². The van der Waals surface area contributed by atoms with Gasteiger partial charge in [0.25, 0.3) is 0 Å². The monoisotopic (exact) mass is 309 g/mol. The van der Waals surface area contributed by atoms with Gasteiger partial charge in [-0.3, -0.25) is 0 Å². The van der Waals surface area contributed by atoms with Gasteiger partial charge in [0.15, 0.2) is 0 Å². The van der Waals surface area contributed by atoms with E-state index in [-0.39, 0.29) is 24.0 Å². The first-order valence-corrected chi connectivity index (χ1v) is 8.33. The normalized spacial score (nSPS) is 19.8. The predicted octanol–water partition coefficient (Wildman–Crippen LogP) is 0.423. The van der Waals surface area contributed by atoms with Crippen molar-refractivity contribution in [2.75, 3.05) is 26.3 Å². The molecule has 1 atom stereocenters. The SMILES string of the molecule is O=S(=O)(c1ccccc1C#CCO)N1CCCC(CO)C1. The van der Waals surface area contributed by atoms with Crippen LogP contribution in [0.3, 0.4) is 0 Å². The Bertz CT molecular complexity index is 645. The summed E-state index contributed by atoms with van der Waals surface area (Å²) in [6.07, 6.45) is 1.59. The van der Waals surface area contributed by atoms with Gasteiger partial charge in [-0.2, -0.15) is 4.31 Å². The zero-order valence-electron chi connectivity index (χ0n) is 11.7. The Balaban J connectivity index is 2.35. The summed E-state index contributed by atoms with van der Waals surface area (Å²) in [5.41, 5.74) is 0.387. The highest BCUT2D eigenvalue weighted by Gasteiger charge is 2.31. The molecular formula is C15H19NO4S. The van der Waals surface area contributed by atoms with E-state index in [1.54, 1.807) is 18.2 Å². The molecular weight excluding hydrogens is 290 g/mol. The maximum absolute atomic E-state index is 12.7. The van der Waals surface area contributed by atoms with Crippen molar-refractivity contribution in [3.05, 3.63) is 29.8 Å². The first-order valence-electron chi connectivity index (χ1n) is 6.89. The minimum atomic E-state index is -3.63. The summed E-state index contributed by atoms with van der Waals surface area (Å²) in [6, 6.07) is 6.53. The first kappa shape index (κ1) is 16.0. The van der Waals surface area contributed by atoms with Crippen molar-refractivity contribution < 1.29 is 18.6 Å². The lowest BCUT2D eigenvalue weighted by Gasteiger charge is -2.31. The molecule has 114 valence electrons. The molecule has 1 aliphatic rings. The van der Waals surface area contributed by atoms with E-state index >= 15 is 0 Å². The van der Waals surface area contributed by atoms with Gasteiger partial charge in [0, 0.05) is 25.3 Å². The minimum absolute atomic E-state index is 0.00200. The van der Waals surface area contributed by atoms with E-state index in [1.165, 1.54) is 10.4 Å². The summed E-state index contributed by atoms with van der Waals surface area (Å²) >= 11 is 0. The Hall–Kier alpha value is -1.39. The van der Waals surface area contributed by atoms with Crippen LogP contribution in [0.1, 0.15) is 18.4 Å². The summed E-state index contributed by atoms with van der Waals surface area (Å²) in [5.74, 6) is 5.15. The molecule has 1 fully saturated rings. The summed E-state index contributed by atoms with van der Waals surface area (Å²) in [6.45, 7) is 0.476. The van der Waals surface area contributed by atoms with Crippen molar-refractivity contribution in [1.29, 1.82) is 0 Å². The second-order valence-electron chi connectivity index (χ2n) is 5.01. The summed E-state index contributed by atoms with van der Waals surface area (Å²) < 4.78 is 26.9. The van der Waals surface area contributed by atoms with Crippen LogP contribution < -0.4 is 0 Å². The van der Waals surface area contributed by atoms with Gasteiger partial charge < -0.3 is 10.2 Å². The highest BCUT2D eigenvalue weighted by atomic mass is 32.2. The number of hydrogen-bond acceptors (Lipinski definition) is 4. The standard InChI is InChI=1S/C15H19NO4S/c17-10-4-7-14-6-1-2-8-15(14)21(19,20)16-9-3-5-13(11-16)12-18/h1-2,6,8,13,17-18H,3,5,9-12H2. The smallest absolute Gasteiger partial charge is 0.244 e. The van der Waals surface area contributed by atoms with Gasteiger partial charge in [0.05, 0.1) is 4.90 Å². The molecule has 0 amide bonds. The number of rotatable bonds is 3. The molecule has 2 N–H and O–H groups in total. The fourth-order valence-electron chi connectivity index (χ4n) is 2.46. The van der Waals surface area contributed by atoms with Gasteiger partial charge in [-0.15, -0.1) is 0 Å². The number of aliphatic hydroxyl groups excluding tert-OH is 2. The van der Waals surface area contributed by atoms with Crippen LogP contribution >= 0.6 is 0 Å². The van der Waals surface area contributed by atoms with Crippen molar-refractivity contribution >= 4 is 10.0 Å². The molecule has 21 heavy (non-hydrogen) atoms. The van der Waals surface area contributed by atoms with Crippen molar-refractivity contribution in [1.82, 2.24) is 4.31 Å². The number of aliphatic hydroxyl groups is 2. The largest absolute Gasteiger partial charge is 0.396 e. The van der Waals surface area contributed by atoms with Gasteiger partial charge in [0.1, 0.15) is 6.61 Å². The van der Waals surface area contributed by atoms with E-state index in [0.717, 1.165) is 12.8 Å². The average molecular weight is 309 g/mol. The van der Waals surface area contributed by atoms with E-state index in [1.807, 2.05) is 0 Å². The lowest BCUT2D eigenvalue weighted by molar-refractivity contribution is 0.165. The third-order valence-corrected chi connectivity index (χ3v) is 5.47. The Labute approximate surface area is 125 Å². The molecule has 2 rings (SSSR count). The van der Waals surface area contributed by atoms with Crippen molar-refractivity contribution in [2.24, 2.45) is 5.92 Å². The molecule has 0 aliphatic carbocycles. The van der Waals surface area contributed by atoms with Gasteiger partial charge in [0.2, 0.25) is 10.0 Å². The lowest BCUT2D eigenvalue weighted by atomic mass is 10.0. The van der Waals surface area contributed by atoms with Crippen LogP contribution in [0.15, 0.2) is 29.2 Å². The van der Waals surface area contributed by atoms with Gasteiger partial charge >= 0.3 is 0 Å². The molecule has 1 heterocycles.